The zero-order valence-corrected chi connectivity index (χ0v) is 12.8. The van der Waals surface area contributed by atoms with Gasteiger partial charge in [0, 0.05) is 11.1 Å². The van der Waals surface area contributed by atoms with Crippen LogP contribution in [0.25, 0.3) is 0 Å². The van der Waals surface area contributed by atoms with Crippen molar-refractivity contribution in [3.63, 3.8) is 0 Å². The molecule has 1 aliphatic heterocycles. The van der Waals surface area contributed by atoms with E-state index in [0.717, 1.165) is 36.3 Å². The van der Waals surface area contributed by atoms with Gasteiger partial charge in [-0.25, -0.2) is 0 Å². The van der Waals surface area contributed by atoms with Gasteiger partial charge in [0.25, 0.3) is 0 Å². The van der Waals surface area contributed by atoms with E-state index in [4.69, 9.17) is 11.6 Å². The average molecular weight is 293 g/mol. The number of rotatable bonds is 4. The number of hydrogen-bond donors (Lipinski definition) is 1. The number of nitrogens with zero attached hydrogens (tertiary/aromatic N) is 1. The van der Waals surface area contributed by atoms with Gasteiger partial charge in [0.2, 0.25) is 5.91 Å². The molecule has 1 saturated carbocycles. The molecule has 2 aliphatic rings. The van der Waals surface area contributed by atoms with Crippen LogP contribution in [-0.2, 0) is 4.79 Å². The van der Waals surface area contributed by atoms with Crippen molar-refractivity contribution in [2.24, 2.45) is 0 Å². The summed E-state index contributed by atoms with van der Waals surface area (Å²) in [5.41, 5.74) is 0.848. The number of hydrogen-bond acceptors (Lipinski definition) is 2. The van der Waals surface area contributed by atoms with E-state index in [-0.39, 0.29) is 23.7 Å². The predicted molar refractivity (Wildman–Crippen MR) is 80.5 cm³/mol. The normalized spacial score (nSPS) is 25.2. The van der Waals surface area contributed by atoms with E-state index in [1.807, 2.05) is 29.2 Å². The van der Waals surface area contributed by atoms with Crippen LogP contribution in [-0.4, -0.2) is 22.4 Å². The summed E-state index contributed by atoms with van der Waals surface area (Å²) in [6, 6.07) is 8.08. The van der Waals surface area contributed by atoms with Gasteiger partial charge in [-0.1, -0.05) is 37.1 Å². The molecule has 0 radical (unpaired) electrons. The van der Waals surface area contributed by atoms with E-state index in [9.17, 15) is 4.79 Å². The van der Waals surface area contributed by atoms with Gasteiger partial charge in [-0.15, -0.1) is 0 Å². The molecule has 20 heavy (non-hydrogen) atoms. The van der Waals surface area contributed by atoms with Crippen molar-refractivity contribution in [1.29, 1.82) is 0 Å². The summed E-state index contributed by atoms with van der Waals surface area (Å²) in [6.45, 7) is 4.31. The third-order valence-corrected chi connectivity index (χ3v) is 4.70. The SMILES string of the molecule is CCCC(C)N1C(=O)C2(CC2)NC1c1ccc(Cl)cc1. The van der Waals surface area contributed by atoms with Gasteiger partial charge >= 0.3 is 0 Å². The van der Waals surface area contributed by atoms with Gasteiger partial charge in [-0.05, 0) is 43.9 Å². The lowest BCUT2D eigenvalue weighted by molar-refractivity contribution is -0.132. The highest BCUT2D eigenvalue weighted by Gasteiger charge is 2.60. The lowest BCUT2D eigenvalue weighted by Gasteiger charge is -2.30. The summed E-state index contributed by atoms with van der Waals surface area (Å²) >= 11 is 5.96. The Bertz CT molecular complexity index is 510. The van der Waals surface area contributed by atoms with Crippen LogP contribution >= 0.6 is 11.6 Å². The lowest BCUT2D eigenvalue weighted by Crippen LogP contribution is -2.38. The van der Waals surface area contributed by atoms with E-state index >= 15 is 0 Å². The molecule has 2 unspecified atom stereocenters. The topological polar surface area (TPSA) is 32.3 Å². The second-order valence-corrected chi connectivity index (χ2v) is 6.47. The third-order valence-electron chi connectivity index (χ3n) is 4.45. The minimum Gasteiger partial charge on any atom is -0.319 e. The number of carbonyl (C=O) groups excluding carboxylic acids is 1. The van der Waals surface area contributed by atoms with Crippen molar-refractivity contribution >= 4 is 17.5 Å². The molecular formula is C16H21ClN2O. The quantitative estimate of drug-likeness (QED) is 0.921. The largest absolute Gasteiger partial charge is 0.319 e. The van der Waals surface area contributed by atoms with Crippen molar-refractivity contribution < 1.29 is 4.79 Å². The second-order valence-electron chi connectivity index (χ2n) is 6.03. The molecule has 4 heteroatoms. The Balaban J connectivity index is 1.90. The standard InChI is InChI=1S/C16H21ClN2O/c1-3-4-11(2)19-14(12-5-7-13(17)8-6-12)18-16(9-10-16)15(19)20/h5-8,11,14,18H,3-4,9-10H2,1-2H3. The second kappa shape index (κ2) is 5.05. The van der Waals surface area contributed by atoms with Crippen LogP contribution in [0.2, 0.25) is 5.02 Å². The predicted octanol–water partition coefficient (Wildman–Crippen LogP) is 3.49. The van der Waals surface area contributed by atoms with Gasteiger partial charge in [-0.2, -0.15) is 0 Å². The van der Waals surface area contributed by atoms with Crippen LogP contribution in [0.4, 0.5) is 0 Å². The maximum Gasteiger partial charge on any atom is 0.244 e. The van der Waals surface area contributed by atoms with Gasteiger partial charge in [0.15, 0.2) is 0 Å². The highest BCUT2D eigenvalue weighted by atomic mass is 35.5. The molecular weight excluding hydrogens is 272 g/mol. The van der Waals surface area contributed by atoms with E-state index < -0.39 is 0 Å². The van der Waals surface area contributed by atoms with Gasteiger partial charge in [-0.3, -0.25) is 10.1 Å². The molecule has 1 aromatic rings. The van der Waals surface area contributed by atoms with E-state index in [2.05, 4.69) is 19.2 Å². The average Bonchev–Trinajstić information content (AvgIpc) is 3.14. The third kappa shape index (κ3) is 2.23. The molecule has 3 rings (SSSR count). The Morgan fingerprint density at radius 3 is 2.60 bits per heavy atom. The maximum atomic E-state index is 12.7. The van der Waals surface area contributed by atoms with E-state index in [1.165, 1.54) is 0 Å². The lowest BCUT2D eigenvalue weighted by atomic mass is 10.1. The Morgan fingerprint density at radius 2 is 2.05 bits per heavy atom. The minimum atomic E-state index is -0.272. The molecule has 3 nitrogen and oxygen atoms in total. The zero-order chi connectivity index (χ0) is 14.3. The van der Waals surface area contributed by atoms with Crippen LogP contribution in [0.3, 0.4) is 0 Å². The van der Waals surface area contributed by atoms with Crippen LogP contribution in [0.15, 0.2) is 24.3 Å². The Labute approximate surface area is 125 Å². The van der Waals surface area contributed by atoms with Crippen LogP contribution in [0.5, 0.6) is 0 Å². The first kappa shape index (κ1) is 13.9. The summed E-state index contributed by atoms with van der Waals surface area (Å²) in [5, 5.41) is 4.28. The first-order chi connectivity index (χ1) is 9.57. The Kier molecular flexibility index (Phi) is 3.51. The molecule has 1 aromatic carbocycles. The number of nitrogens with one attached hydrogen (secondary N) is 1. The van der Waals surface area contributed by atoms with Gasteiger partial charge in [0.05, 0.1) is 0 Å². The first-order valence-electron chi connectivity index (χ1n) is 7.43. The van der Waals surface area contributed by atoms with Crippen molar-refractivity contribution in [2.45, 2.75) is 57.3 Å². The number of amides is 1. The fraction of sp³-hybridized carbons (Fsp3) is 0.562. The first-order valence-corrected chi connectivity index (χ1v) is 7.81. The summed E-state index contributed by atoms with van der Waals surface area (Å²) in [4.78, 5) is 14.7. The molecule has 1 amide bonds. The van der Waals surface area contributed by atoms with Crippen molar-refractivity contribution in [1.82, 2.24) is 10.2 Å². The molecule has 1 aliphatic carbocycles. The molecule has 1 saturated heterocycles. The summed E-state index contributed by atoms with van der Waals surface area (Å²) in [6.07, 6.45) is 4.04. The van der Waals surface area contributed by atoms with Gasteiger partial charge in [0.1, 0.15) is 11.7 Å². The van der Waals surface area contributed by atoms with Crippen molar-refractivity contribution in [3.05, 3.63) is 34.9 Å². The van der Waals surface area contributed by atoms with Crippen LogP contribution < -0.4 is 5.32 Å². The summed E-state index contributed by atoms with van der Waals surface area (Å²) in [5.74, 6) is 0.276. The molecule has 1 spiro atoms. The molecule has 2 fully saturated rings. The molecule has 2 atom stereocenters. The highest BCUT2D eigenvalue weighted by molar-refractivity contribution is 6.30. The van der Waals surface area contributed by atoms with Crippen molar-refractivity contribution in [3.8, 4) is 0 Å². The van der Waals surface area contributed by atoms with E-state index in [0.29, 0.717) is 0 Å². The molecule has 0 aromatic heterocycles. The fourth-order valence-corrected chi connectivity index (χ4v) is 3.27. The van der Waals surface area contributed by atoms with Gasteiger partial charge < -0.3 is 4.90 Å². The van der Waals surface area contributed by atoms with Crippen LogP contribution in [0, 0.1) is 0 Å². The van der Waals surface area contributed by atoms with E-state index in [1.54, 1.807) is 0 Å². The molecule has 0 bridgehead atoms. The molecule has 108 valence electrons. The monoisotopic (exact) mass is 292 g/mol. The number of benzene rings is 1. The Hall–Kier alpha value is -1.06. The molecule has 1 heterocycles. The summed E-state index contributed by atoms with van der Waals surface area (Å²) < 4.78 is 0. The fourth-order valence-electron chi connectivity index (χ4n) is 3.14. The van der Waals surface area contributed by atoms with Crippen molar-refractivity contribution in [2.75, 3.05) is 0 Å². The minimum absolute atomic E-state index is 0.0104. The summed E-state index contributed by atoms with van der Waals surface area (Å²) in [7, 11) is 0. The highest BCUT2D eigenvalue weighted by Crippen LogP contribution is 2.47. The number of halogens is 1. The smallest absolute Gasteiger partial charge is 0.244 e. The van der Waals surface area contributed by atoms with Crippen LogP contribution in [0.1, 0.15) is 51.3 Å². The zero-order valence-electron chi connectivity index (χ0n) is 12.0. The maximum absolute atomic E-state index is 12.7. The molecule has 1 N–H and O–H groups in total. The number of carbonyl (C=O) groups is 1. The Morgan fingerprint density at radius 1 is 1.40 bits per heavy atom.